The molecule has 2 aromatic rings. The van der Waals surface area contributed by atoms with Gasteiger partial charge in [0.2, 0.25) is 0 Å². The second-order valence-corrected chi connectivity index (χ2v) is 5.68. The fourth-order valence-electron chi connectivity index (χ4n) is 1.48. The van der Waals surface area contributed by atoms with Gasteiger partial charge in [-0.05, 0) is 31.2 Å². The van der Waals surface area contributed by atoms with Crippen LogP contribution in [0.2, 0.25) is 10.0 Å². The standard InChI is InChI=1S/C12H10Cl2OS/c1-7-2-5-11(16-7)12(15)9-4-3-8(13)6-10(9)14/h2-6,12,15H,1H3. The highest BCUT2D eigenvalue weighted by Gasteiger charge is 2.15. The molecule has 0 aliphatic carbocycles. The van der Waals surface area contributed by atoms with Crippen LogP contribution in [0.4, 0.5) is 0 Å². The van der Waals surface area contributed by atoms with Gasteiger partial charge in [-0.2, -0.15) is 0 Å². The average Bonchev–Trinajstić information content (AvgIpc) is 2.64. The minimum atomic E-state index is -0.677. The number of hydrogen-bond donors (Lipinski definition) is 1. The van der Waals surface area contributed by atoms with Crippen LogP contribution in [0, 0.1) is 6.92 Å². The zero-order chi connectivity index (χ0) is 11.7. The van der Waals surface area contributed by atoms with Crippen LogP contribution < -0.4 is 0 Å². The van der Waals surface area contributed by atoms with Crippen LogP contribution in [-0.4, -0.2) is 5.11 Å². The maximum atomic E-state index is 10.2. The molecule has 0 aliphatic heterocycles. The fraction of sp³-hybridized carbons (Fsp3) is 0.167. The van der Waals surface area contributed by atoms with Gasteiger partial charge in [0.1, 0.15) is 6.10 Å². The summed E-state index contributed by atoms with van der Waals surface area (Å²) in [6.07, 6.45) is -0.677. The van der Waals surface area contributed by atoms with Crippen molar-refractivity contribution < 1.29 is 5.11 Å². The van der Waals surface area contributed by atoms with Crippen molar-refractivity contribution in [3.63, 3.8) is 0 Å². The van der Waals surface area contributed by atoms with Crippen LogP contribution in [0.25, 0.3) is 0 Å². The van der Waals surface area contributed by atoms with E-state index < -0.39 is 6.10 Å². The number of halogens is 2. The summed E-state index contributed by atoms with van der Waals surface area (Å²) in [5.74, 6) is 0. The first-order valence-corrected chi connectivity index (χ1v) is 6.34. The van der Waals surface area contributed by atoms with Crippen molar-refractivity contribution in [2.45, 2.75) is 13.0 Å². The zero-order valence-electron chi connectivity index (χ0n) is 8.58. The molecule has 0 saturated carbocycles. The SMILES string of the molecule is Cc1ccc(C(O)c2ccc(Cl)cc2Cl)s1. The van der Waals surface area contributed by atoms with E-state index >= 15 is 0 Å². The van der Waals surface area contributed by atoms with E-state index in [4.69, 9.17) is 23.2 Å². The van der Waals surface area contributed by atoms with Crippen molar-refractivity contribution in [2.75, 3.05) is 0 Å². The largest absolute Gasteiger partial charge is 0.383 e. The summed E-state index contributed by atoms with van der Waals surface area (Å²) in [6, 6.07) is 9.02. The molecule has 0 bridgehead atoms. The van der Waals surface area contributed by atoms with Crippen LogP contribution in [0.5, 0.6) is 0 Å². The maximum absolute atomic E-state index is 10.2. The third-order valence-corrected chi connectivity index (χ3v) is 3.90. The second kappa shape index (κ2) is 4.76. The van der Waals surface area contributed by atoms with E-state index in [1.54, 1.807) is 29.5 Å². The molecule has 0 spiro atoms. The molecule has 0 amide bonds. The molecule has 1 heterocycles. The summed E-state index contributed by atoms with van der Waals surface area (Å²) < 4.78 is 0. The molecule has 16 heavy (non-hydrogen) atoms. The van der Waals surface area contributed by atoms with Gasteiger partial charge in [0.05, 0.1) is 0 Å². The number of hydrogen-bond acceptors (Lipinski definition) is 2. The van der Waals surface area contributed by atoms with Crippen molar-refractivity contribution in [2.24, 2.45) is 0 Å². The lowest BCUT2D eigenvalue weighted by atomic mass is 10.1. The third kappa shape index (κ3) is 2.41. The van der Waals surface area contributed by atoms with Crippen molar-refractivity contribution >= 4 is 34.5 Å². The van der Waals surface area contributed by atoms with E-state index in [-0.39, 0.29) is 0 Å². The molecule has 1 atom stereocenters. The first-order valence-electron chi connectivity index (χ1n) is 4.77. The Labute approximate surface area is 108 Å². The number of rotatable bonds is 2. The number of aliphatic hydroxyl groups excluding tert-OH is 1. The van der Waals surface area contributed by atoms with E-state index in [1.807, 2.05) is 19.1 Å². The number of benzene rings is 1. The lowest BCUT2D eigenvalue weighted by molar-refractivity contribution is 0.224. The van der Waals surface area contributed by atoms with Gasteiger partial charge >= 0.3 is 0 Å². The normalized spacial score (nSPS) is 12.8. The topological polar surface area (TPSA) is 20.2 Å². The maximum Gasteiger partial charge on any atom is 0.115 e. The van der Waals surface area contributed by atoms with Gasteiger partial charge in [0, 0.05) is 25.4 Å². The van der Waals surface area contributed by atoms with Gasteiger partial charge < -0.3 is 5.11 Å². The van der Waals surface area contributed by atoms with E-state index in [0.29, 0.717) is 15.6 Å². The summed E-state index contributed by atoms with van der Waals surface area (Å²) in [4.78, 5) is 2.06. The molecule has 0 aliphatic rings. The monoisotopic (exact) mass is 272 g/mol. The van der Waals surface area contributed by atoms with Crippen LogP contribution >= 0.6 is 34.5 Å². The van der Waals surface area contributed by atoms with Gasteiger partial charge in [-0.1, -0.05) is 29.3 Å². The Kier molecular flexibility index (Phi) is 3.55. The second-order valence-electron chi connectivity index (χ2n) is 3.52. The minimum Gasteiger partial charge on any atom is -0.383 e. The number of aliphatic hydroxyl groups is 1. The zero-order valence-corrected chi connectivity index (χ0v) is 10.9. The van der Waals surface area contributed by atoms with Crippen LogP contribution in [0.3, 0.4) is 0 Å². The predicted octanol–water partition coefficient (Wildman–Crippen LogP) is 4.45. The summed E-state index contributed by atoms with van der Waals surface area (Å²) in [5, 5.41) is 11.2. The summed E-state index contributed by atoms with van der Waals surface area (Å²) in [5.41, 5.74) is 0.688. The summed E-state index contributed by atoms with van der Waals surface area (Å²) in [7, 11) is 0. The minimum absolute atomic E-state index is 0.492. The molecule has 84 valence electrons. The Bertz CT molecular complexity index is 507. The first-order chi connectivity index (χ1) is 7.58. The van der Waals surface area contributed by atoms with Crippen molar-refractivity contribution in [1.29, 1.82) is 0 Å². The Morgan fingerprint density at radius 3 is 2.50 bits per heavy atom. The van der Waals surface area contributed by atoms with Crippen LogP contribution in [0.1, 0.15) is 21.4 Å². The van der Waals surface area contributed by atoms with Gasteiger partial charge in [-0.25, -0.2) is 0 Å². The molecule has 1 unspecified atom stereocenters. The van der Waals surface area contributed by atoms with E-state index in [9.17, 15) is 5.11 Å². The Balaban J connectivity index is 2.37. The van der Waals surface area contributed by atoms with Gasteiger partial charge in [0.25, 0.3) is 0 Å². The number of thiophene rings is 1. The van der Waals surface area contributed by atoms with Crippen molar-refractivity contribution in [1.82, 2.24) is 0 Å². The molecule has 1 N–H and O–H groups in total. The molecule has 1 aromatic carbocycles. The molecular weight excluding hydrogens is 263 g/mol. The number of aryl methyl sites for hydroxylation is 1. The summed E-state index contributed by atoms with van der Waals surface area (Å²) in [6.45, 7) is 2.00. The van der Waals surface area contributed by atoms with E-state index in [0.717, 1.165) is 4.88 Å². The average molecular weight is 273 g/mol. The third-order valence-electron chi connectivity index (χ3n) is 2.29. The Hall–Kier alpha value is -0.540. The Morgan fingerprint density at radius 1 is 1.19 bits per heavy atom. The molecule has 1 aromatic heterocycles. The summed E-state index contributed by atoms with van der Waals surface area (Å²) >= 11 is 13.4. The van der Waals surface area contributed by atoms with Crippen LogP contribution in [0.15, 0.2) is 30.3 Å². The van der Waals surface area contributed by atoms with Gasteiger partial charge in [-0.15, -0.1) is 11.3 Å². The first kappa shape index (κ1) is 11.9. The lowest BCUT2D eigenvalue weighted by Crippen LogP contribution is -1.97. The lowest BCUT2D eigenvalue weighted by Gasteiger charge is -2.11. The van der Waals surface area contributed by atoms with Gasteiger partial charge in [0.15, 0.2) is 0 Å². The highest BCUT2D eigenvalue weighted by Crippen LogP contribution is 2.33. The van der Waals surface area contributed by atoms with E-state index in [2.05, 4.69) is 0 Å². The molecule has 0 fully saturated rings. The molecule has 0 radical (unpaired) electrons. The molecule has 2 rings (SSSR count). The van der Waals surface area contributed by atoms with Crippen molar-refractivity contribution in [3.8, 4) is 0 Å². The molecule has 0 saturated heterocycles. The molecule has 1 nitrogen and oxygen atoms in total. The Morgan fingerprint density at radius 2 is 1.94 bits per heavy atom. The van der Waals surface area contributed by atoms with Crippen molar-refractivity contribution in [3.05, 3.63) is 55.7 Å². The van der Waals surface area contributed by atoms with Crippen LogP contribution in [-0.2, 0) is 0 Å². The molecular formula is C12H10Cl2OS. The van der Waals surface area contributed by atoms with E-state index in [1.165, 1.54) is 4.88 Å². The van der Waals surface area contributed by atoms with Gasteiger partial charge in [-0.3, -0.25) is 0 Å². The highest BCUT2D eigenvalue weighted by molar-refractivity contribution is 7.12. The molecule has 4 heteroatoms. The predicted molar refractivity (Wildman–Crippen MR) is 69.6 cm³/mol. The smallest absolute Gasteiger partial charge is 0.115 e. The highest BCUT2D eigenvalue weighted by atomic mass is 35.5. The fourth-order valence-corrected chi connectivity index (χ4v) is 2.87. The quantitative estimate of drug-likeness (QED) is 0.857.